The van der Waals surface area contributed by atoms with E-state index in [0.717, 1.165) is 25.9 Å². The molecule has 2 nitrogen and oxygen atoms in total. The van der Waals surface area contributed by atoms with Gasteiger partial charge in [0.1, 0.15) is 5.82 Å². The van der Waals surface area contributed by atoms with Crippen LogP contribution in [0.3, 0.4) is 0 Å². The molecule has 1 aromatic carbocycles. The highest BCUT2D eigenvalue weighted by molar-refractivity contribution is 5.19. The normalized spacial score (nSPS) is 24.1. The first-order chi connectivity index (χ1) is 10.2. The first-order valence-corrected chi connectivity index (χ1v) is 8.39. The molecule has 3 heteroatoms. The van der Waals surface area contributed by atoms with E-state index >= 15 is 0 Å². The quantitative estimate of drug-likeness (QED) is 0.917. The van der Waals surface area contributed by atoms with Gasteiger partial charge in [0.15, 0.2) is 0 Å². The Morgan fingerprint density at radius 2 is 1.71 bits per heavy atom. The molecule has 1 unspecified atom stereocenters. The number of benzene rings is 1. The molecule has 1 N–H and O–H groups in total. The summed E-state index contributed by atoms with van der Waals surface area (Å²) in [4.78, 5) is 2.51. The zero-order chi connectivity index (χ0) is 14.7. The lowest BCUT2D eigenvalue weighted by Gasteiger charge is -2.46. The molecule has 2 aliphatic rings. The minimum atomic E-state index is -0.463. The summed E-state index contributed by atoms with van der Waals surface area (Å²) in [6.45, 7) is 2.18. The second-order valence-corrected chi connectivity index (χ2v) is 6.67. The third-order valence-electron chi connectivity index (χ3n) is 5.45. The highest BCUT2D eigenvalue weighted by Crippen LogP contribution is 2.40. The number of likely N-dealkylation sites (tertiary alicyclic amines) is 1. The lowest BCUT2D eigenvalue weighted by Crippen LogP contribution is -2.57. The van der Waals surface area contributed by atoms with Crippen LogP contribution in [0.2, 0.25) is 0 Å². The molecule has 1 saturated heterocycles. The van der Waals surface area contributed by atoms with E-state index in [1.54, 1.807) is 12.1 Å². The minimum absolute atomic E-state index is 0.108. The van der Waals surface area contributed by atoms with Crippen molar-refractivity contribution in [2.24, 2.45) is 0 Å². The van der Waals surface area contributed by atoms with Gasteiger partial charge < -0.3 is 5.11 Å². The molecule has 1 aromatic rings. The van der Waals surface area contributed by atoms with Gasteiger partial charge in [0, 0.05) is 12.0 Å². The number of halogens is 1. The SMILES string of the molecule is OC(Cc1ccccc1F)C1(N2CCCCC2)CCCC1. The number of piperidine rings is 1. The van der Waals surface area contributed by atoms with Crippen LogP contribution in [0, 0.1) is 5.82 Å². The summed E-state index contributed by atoms with van der Waals surface area (Å²) in [5.41, 5.74) is 0.538. The van der Waals surface area contributed by atoms with E-state index in [-0.39, 0.29) is 11.4 Å². The zero-order valence-electron chi connectivity index (χ0n) is 12.7. The molecule has 0 amide bonds. The van der Waals surface area contributed by atoms with Gasteiger partial charge in [-0.1, -0.05) is 37.5 Å². The molecule has 1 heterocycles. The van der Waals surface area contributed by atoms with Crippen molar-refractivity contribution in [3.8, 4) is 0 Å². The third kappa shape index (κ3) is 3.00. The largest absolute Gasteiger partial charge is 0.391 e. The Balaban J connectivity index is 1.78. The van der Waals surface area contributed by atoms with Gasteiger partial charge in [-0.3, -0.25) is 4.90 Å². The highest BCUT2D eigenvalue weighted by atomic mass is 19.1. The van der Waals surface area contributed by atoms with Crippen LogP contribution in [-0.2, 0) is 6.42 Å². The second kappa shape index (κ2) is 6.45. The zero-order valence-corrected chi connectivity index (χ0v) is 12.7. The highest BCUT2D eigenvalue weighted by Gasteiger charge is 2.45. The molecule has 1 atom stereocenters. The second-order valence-electron chi connectivity index (χ2n) is 6.67. The van der Waals surface area contributed by atoms with Crippen LogP contribution in [0.25, 0.3) is 0 Å². The molecule has 0 radical (unpaired) electrons. The van der Waals surface area contributed by atoms with E-state index in [1.165, 1.54) is 38.2 Å². The van der Waals surface area contributed by atoms with Crippen LogP contribution in [0.15, 0.2) is 24.3 Å². The lowest BCUT2D eigenvalue weighted by atomic mass is 9.83. The van der Waals surface area contributed by atoms with E-state index < -0.39 is 6.10 Å². The van der Waals surface area contributed by atoms with E-state index in [9.17, 15) is 9.50 Å². The van der Waals surface area contributed by atoms with Crippen molar-refractivity contribution in [1.29, 1.82) is 0 Å². The van der Waals surface area contributed by atoms with Crippen LogP contribution >= 0.6 is 0 Å². The number of hydrogen-bond acceptors (Lipinski definition) is 2. The van der Waals surface area contributed by atoms with Crippen LogP contribution in [0.5, 0.6) is 0 Å². The predicted molar refractivity (Wildman–Crippen MR) is 82.7 cm³/mol. The smallest absolute Gasteiger partial charge is 0.126 e. The fourth-order valence-electron chi connectivity index (χ4n) is 4.25. The first-order valence-electron chi connectivity index (χ1n) is 8.39. The molecule has 2 fully saturated rings. The lowest BCUT2D eigenvalue weighted by molar-refractivity contribution is -0.0383. The van der Waals surface area contributed by atoms with Gasteiger partial charge in [0.25, 0.3) is 0 Å². The van der Waals surface area contributed by atoms with E-state index in [2.05, 4.69) is 4.90 Å². The van der Waals surface area contributed by atoms with E-state index in [0.29, 0.717) is 12.0 Å². The summed E-state index contributed by atoms with van der Waals surface area (Å²) in [7, 11) is 0. The Morgan fingerprint density at radius 1 is 1.05 bits per heavy atom. The summed E-state index contributed by atoms with van der Waals surface area (Å²) in [5, 5.41) is 10.9. The van der Waals surface area contributed by atoms with Crippen LogP contribution < -0.4 is 0 Å². The van der Waals surface area contributed by atoms with Crippen molar-refractivity contribution < 1.29 is 9.50 Å². The van der Waals surface area contributed by atoms with E-state index in [1.807, 2.05) is 6.07 Å². The summed E-state index contributed by atoms with van der Waals surface area (Å²) in [6.07, 6.45) is 8.22. The summed E-state index contributed by atoms with van der Waals surface area (Å²) in [6, 6.07) is 6.86. The van der Waals surface area contributed by atoms with Crippen molar-refractivity contribution in [2.45, 2.75) is 63.0 Å². The number of nitrogens with zero attached hydrogens (tertiary/aromatic N) is 1. The van der Waals surface area contributed by atoms with Gasteiger partial charge >= 0.3 is 0 Å². The maximum Gasteiger partial charge on any atom is 0.126 e. The van der Waals surface area contributed by atoms with Crippen molar-refractivity contribution in [1.82, 2.24) is 4.90 Å². The summed E-state index contributed by atoms with van der Waals surface area (Å²) >= 11 is 0. The van der Waals surface area contributed by atoms with Crippen LogP contribution in [0.4, 0.5) is 4.39 Å². The Bertz CT molecular complexity index is 464. The van der Waals surface area contributed by atoms with Crippen molar-refractivity contribution >= 4 is 0 Å². The Morgan fingerprint density at radius 3 is 2.38 bits per heavy atom. The van der Waals surface area contributed by atoms with Crippen molar-refractivity contribution in [3.05, 3.63) is 35.6 Å². The number of aliphatic hydroxyl groups excluding tert-OH is 1. The molecule has 1 aliphatic heterocycles. The fraction of sp³-hybridized carbons (Fsp3) is 0.667. The molecule has 116 valence electrons. The maximum absolute atomic E-state index is 13.9. The summed E-state index contributed by atoms with van der Waals surface area (Å²) in [5.74, 6) is -0.191. The molecule has 0 spiro atoms. The standard InChI is InChI=1S/C18H26FNO/c19-16-9-3-2-8-15(16)14-17(21)18(10-4-5-11-18)20-12-6-1-7-13-20/h2-3,8-9,17,21H,1,4-7,10-14H2. The number of aliphatic hydroxyl groups is 1. The van der Waals surface area contributed by atoms with Gasteiger partial charge in [-0.05, 0) is 50.4 Å². The third-order valence-corrected chi connectivity index (χ3v) is 5.45. The minimum Gasteiger partial charge on any atom is -0.391 e. The monoisotopic (exact) mass is 291 g/mol. The summed E-state index contributed by atoms with van der Waals surface area (Å²) < 4.78 is 13.9. The van der Waals surface area contributed by atoms with Gasteiger partial charge in [0.05, 0.1) is 6.10 Å². The molecule has 1 saturated carbocycles. The van der Waals surface area contributed by atoms with Gasteiger partial charge in [-0.2, -0.15) is 0 Å². The predicted octanol–water partition coefficient (Wildman–Crippen LogP) is 3.53. The number of hydrogen-bond donors (Lipinski definition) is 1. The Labute approximate surface area is 127 Å². The first kappa shape index (κ1) is 15.0. The average Bonchev–Trinajstić information content (AvgIpc) is 3.01. The van der Waals surface area contributed by atoms with Crippen molar-refractivity contribution in [3.63, 3.8) is 0 Å². The van der Waals surface area contributed by atoms with Gasteiger partial charge in [-0.15, -0.1) is 0 Å². The van der Waals surface area contributed by atoms with Gasteiger partial charge in [-0.25, -0.2) is 4.39 Å². The Hall–Kier alpha value is -0.930. The molecule has 0 aromatic heterocycles. The fourth-order valence-corrected chi connectivity index (χ4v) is 4.25. The Kier molecular flexibility index (Phi) is 4.60. The average molecular weight is 291 g/mol. The van der Waals surface area contributed by atoms with E-state index in [4.69, 9.17) is 0 Å². The van der Waals surface area contributed by atoms with Crippen LogP contribution in [0.1, 0.15) is 50.5 Å². The number of rotatable bonds is 4. The maximum atomic E-state index is 13.9. The molecule has 0 bridgehead atoms. The topological polar surface area (TPSA) is 23.5 Å². The van der Waals surface area contributed by atoms with Crippen molar-refractivity contribution in [2.75, 3.05) is 13.1 Å². The molecule has 21 heavy (non-hydrogen) atoms. The van der Waals surface area contributed by atoms with Crippen LogP contribution in [-0.4, -0.2) is 34.7 Å². The molecular weight excluding hydrogens is 265 g/mol. The molecule has 1 aliphatic carbocycles. The molecule has 3 rings (SSSR count). The van der Waals surface area contributed by atoms with Gasteiger partial charge in [0.2, 0.25) is 0 Å². The molecular formula is C18H26FNO.